The van der Waals surface area contributed by atoms with Gasteiger partial charge in [0.05, 0.1) is 11.2 Å². The molecule has 1 unspecified atom stereocenters. The largest absolute Gasteiger partial charge is 0.309 e. The van der Waals surface area contributed by atoms with Crippen LogP contribution in [-0.4, -0.2) is 11.5 Å². The van der Waals surface area contributed by atoms with Crippen molar-refractivity contribution in [3.05, 3.63) is 16.1 Å². The van der Waals surface area contributed by atoms with E-state index in [2.05, 4.69) is 24.1 Å². The Morgan fingerprint density at radius 3 is 2.94 bits per heavy atom. The Morgan fingerprint density at radius 2 is 2.38 bits per heavy atom. The molecule has 0 saturated heterocycles. The lowest BCUT2D eigenvalue weighted by atomic mass is 10.1. The number of nitrogens with zero attached hydrogens (tertiary/aromatic N) is 1. The van der Waals surface area contributed by atoms with Crippen LogP contribution in [0.4, 0.5) is 0 Å². The zero-order chi connectivity index (χ0) is 11.4. The lowest BCUT2D eigenvalue weighted by molar-refractivity contribution is 0.474. The smallest absolute Gasteiger partial charge is 0.0798 e. The molecule has 0 spiro atoms. The van der Waals surface area contributed by atoms with Crippen LogP contribution in [0.2, 0.25) is 0 Å². The average molecular weight is 238 g/mol. The molecule has 0 aliphatic heterocycles. The van der Waals surface area contributed by atoms with Gasteiger partial charge in [0.1, 0.15) is 0 Å². The molecular formula is C13H22N2S. The highest BCUT2D eigenvalue weighted by molar-refractivity contribution is 7.09. The molecule has 0 radical (unpaired) electrons. The fraction of sp³-hybridized carbons (Fsp3) is 0.769. The molecule has 0 bridgehead atoms. The van der Waals surface area contributed by atoms with E-state index in [-0.39, 0.29) is 0 Å². The van der Waals surface area contributed by atoms with Gasteiger partial charge in [-0.25, -0.2) is 4.98 Å². The predicted octanol–water partition coefficient (Wildman–Crippen LogP) is 3.68. The molecule has 0 amide bonds. The molecule has 1 N–H and O–H groups in total. The van der Waals surface area contributed by atoms with Crippen LogP contribution in [0.25, 0.3) is 0 Å². The monoisotopic (exact) mass is 238 g/mol. The van der Waals surface area contributed by atoms with Gasteiger partial charge in [0.15, 0.2) is 0 Å². The van der Waals surface area contributed by atoms with Gasteiger partial charge in [0, 0.05) is 10.9 Å². The van der Waals surface area contributed by atoms with Crippen molar-refractivity contribution < 1.29 is 0 Å². The molecule has 1 aromatic heterocycles. The number of thiazole rings is 1. The molecular weight excluding hydrogens is 216 g/mol. The van der Waals surface area contributed by atoms with Gasteiger partial charge in [0.2, 0.25) is 0 Å². The van der Waals surface area contributed by atoms with Gasteiger partial charge in [0.25, 0.3) is 0 Å². The molecule has 1 aliphatic carbocycles. The quantitative estimate of drug-likeness (QED) is 0.784. The highest BCUT2D eigenvalue weighted by Gasteiger charge is 2.24. The van der Waals surface area contributed by atoms with E-state index < -0.39 is 0 Å². The maximum Gasteiger partial charge on any atom is 0.0798 e. The second-order valence-electron chi connectivity index (χ2n) is 4.83. The van der Waals surface area contributed by atoms with Crippen molar-refractivity contribution in [2.75, 3.05) is 6.54 Å². The van der Waals surface area contributed by atoms with Crippen LogP contribution in [0.1, 0.15) is 55.6 Å². The summed E-state index contributed by atoms with van der Waals surface area (Å²) in [7, 11) is 0. The Hall–Kier alpha value is -0.410. The molecule has 2 rings (SSSR count). The summed E-state index contributed by atoms with van der Waals surface area (Å²) in [5.41, 5.74) is 3.19. The number of aromatic nitrogens is 1. The van der Waals surface area contributed by atoms with Crippen LogP contribution in [0.15, 0.2) is 5.51 Å². The van der Waals surface area contributed by atoms with Crippen molar-refractivity contribution >= 4 is 11.3 Å². The van der Waals surface area contributed by atoms with Crippen LogP contribution < -0.4 is 5.32 Å². The molecule has 2 nitrogen and oxygen atoms in total. The second-order valence-corrected chi connectivity index (χ2v) is 5.72. The van der Waals surface area contributed by atoms with Crippen molar-refractivity contribution in [1.82, 2.24) is 10.3 Å². The van der Waals surface area contributed by atoms with Crippen LogP contribution in [-0.2, 0) is 0 Å². The molecule has 0 aromatic carbocycles. The van der Waals surface area contributed by atoms with E-state index in [4.69, 9.17) is 0 Å². The summed E-state index contributed by atoms with van der Waals surface area (Å²) in [5.74, 6) is 1.03. The third-order valence-corrected chi connectivity index (χ3v) is 4.35. The van der Waals surface area contributed by atoms with E-state index in [9.17, 15) is 0 Å². The summed E-state index contributed by atoms with van der Waals surface area (Å²) in [6, 6.07) is 0.549. The van der Waals surface area contributed by atoms with Gasteiger partial charge in [-0.3, -0.25) is 0 Å². The molecule has 3 heteroatoms. The van der Waals surface area contributed by atoms with Crippen molar-refractivity contribution in [1.29, 1.82) is 0 Å². The lowest BCUT2D eigenvalue weighted by Gasteiger charge is -2.17. The summed E-state index contributed by atoms with van der Waals surface area (Å²) < 4.78 is 0. The first kappa shape index (κ1) is 12.1. The minimum atomic E-state index is 0.549. The summed E-state index contributed by atoms with van der Waals surface area (Å²) in [5, 5.41) is 3.67. The first-order valence-corrected chi connectivity index (χ1v) is 7.32. The number of hydrogen-bond donors (Lipinski definition) is 1. The molecule has 1 aliphatic rings. The fourth-order valence-electron chi connectivity index (χ4n) is 2.10. The van der Waals surface area contributed by atoms with E-state index >= 15 is 0 Å². The number of hydrogen-bond acceptors (Lipinski definition) is 3. The molecule has 1 heterocycles. The average Bonchev–Trinajstić information content (AvgIpc) is 3.02. The van der Waals surface area contributed by atoms with E-state index in [0.717, 1.165) is 12.5 Å². The molecule has 16 heavy (non-hydrogen) atoms. The SMILES string of the molecule is CCCNC(CCC1CC1)c1scnc1C. The summed E-state index contributed by atoms with van der Waals surface area (Å²) in [6.45, 7) is 5.47. The topological polar surface area (TPSA) is 24.9 Å². The van der Waals surface area contributed by atoms with Crippen LogP contribution in [0.3, 0.4) is 0 Å². The second kappa shape index (κ2) is 5.78. The lowest BCUT2D eigenvalue weighted by Crippen LogP contribution is -2.22. The van der Waals surface area contributed by atoms with E-state index in [0.29, 0.717) is 6.04 Å². The highest BCUT2D eigenvalue weighted by atomic mass is 32.1. The first-order chi connectivity index (χ1) is 7.81. The molecule has 1 saturated carbocycles. The maximum atomic E-state index is 4.37. The minimum absolute atomic E-state index is 0.549. The van der Waals surface area contributed by atoms with Gasteiger partial charge in [-0.05, 0) is 38.6 Å². The Kier molecular flexibility index (Phi) is 4.36. The Labute approximate surface area is 102 Å². The van der Waals surface area contributed by atoms with Gasteiger partial charge in [-0.15, -0.1) is 11.3 Å². The third kappa shape index (κ3) is 3.29. The third-order valence-electron chi connectivity index (χ3n) is 3.30. The zero-order valence-electron chi connectivity index (χ0n) is 10.3. The van der Waals surface area contributed by atoms with Gasteiger partial charge in [-0.2, -0.15) is 0 Å². The van der Waals surface area contributed by atoms with E-state index in [1.54, 1.807) is 11.3 Å². The molecule has 1 aromatic rings. The number of rotatable bonds is 7. The van der Waals surface area contributed by atoms with Crippen molar-refractivity contribution in [3.8, 4) is 0 Å². The Morgan fingerprint density at radius 1 is 1.56 bits per heavy atom. The van der Waals surface area contributed by atoms with Crippen molar-refractivity contribution in [3.63, 3.8) is 0 Å². The first-order valence-electron chi connectivity index (χ1n) is 6.44. The van der Waals surface area contributed by atoms with Crippen molar-refractivity contribution in [2.24, 2.45) is 5.92 Å². The van der Waals surface area contributed by atoms with Crippen molar-refractivity contribution in [2.45, 2.75) is 52.0 Å². The van der Waals surface area contributed by atoms with Gasteiger partial charge < -0.3 is 5.32 Å². The van der Waals surface area contributed by atoms with Gasteiger partial charge >= 0.3 is 0 Å². The molecule has 90 valence electrons. The number of aryl methyl sites for hydroxylation is 1. The Bertz CT molecular complexity index is 317. The number of nitrogens with one attached hydrogen (secondary N) is 1. The predicted molar refractivity (Wildman–Crippen MR) is 69.8 cm³/mol. The normalized spacial score (nSPS) is 17.6. The summed E-state index contributed by atoms with van der Waals surface area (Å²) in [4.78, 5) is 5.82. The Balaban J connectivity index is 1.92. The molecule has 1 atom stereocenters. The summed E-state index contributed by atoms with van der Waals surface area (Å²) in [6.07, 6.45) is 6.80. The van der Waals surface area contributed by atoms with Crippen LogP contribution in [0, 0.1) is 12.8 Å². The zero-order valence-corrected chi connectivity index (χ0v) is 11.1. The highest BCUT2D eigenvalue weighted by Crippen LogP contribution is 2.36. The maximum absolute atomic E-state index is 4.37. The summed E-state index contributed by atoms with van der Waals surface area (Å²) >= 11 is 1.81. The van der Waals surface area contributed by atoms with Crippen LogP contribution >= 0.6 is 11.3 Å². The van der Waals surface area contributed by atoms with E-state index in [1.165, 1.54) is 42.7 Å². The van der Waals surface area contributed by atoms with Gasteiger partial charge in [-0.1, -0.05) is 19.8 Å². The fourth-order valence-corrected chi connectivity index (χ4v) is 3.01. The standard InChI is InChI=1S/C13H22N2S/c1-3-8-14-12(7-6-11-4-5-11)13-10(2)15-9-16-13/h9,11-12,14H,3-8H2,1-2H3. The molecule has 1 fully saturated rings. The van der Waals surface area contributed by atoms with E-state index in [1.807, 2.05) is 5.51 Å². The minimum Gasteiger partial charge on any atom is -0.309 e. The van der Waals surface area contributed by atoms with Crippen LogP contribution in [0.5, 0.6) is 0 Å².